The van der Waals surface area contributed by atoms with Crippen molar-refractivity contribution < 1.29 is 4.74 Å². The van der Waals surface area contributed by atoms with Gasteiger partial charge in [-0.25, -0.2) is 4.98 Å². The monoisotopic (exact) mass is 266 g/mol. The zero-order valence-corrected chi connectivity index (χ0v) is 11.3. The number of hydrogen-bond donors (Lipinski definition) is 1. The maximum Gasteiger partial charge on any atom is 0.258 e. The van der Waals surface area contributed by atoms with Crippen LogP contribution in [0.4, 0.5) is 0 Å². The summed E-state index contributed by atoms with van der Waals surface area (Å²) in [5.41, 5.74) is 3.68. The summed E-state index contributed by atoms with van der Waals surface area (Å²) in [7, 11) is 1.65. The first-order valence-corrected chi connectivity index (χ1v) is 6.31. The van der Waals surface area contributed by atoms with Crippen molar-refractivity contribution in [3.63, 3.8) is 0 Å². The van der Waals surface area contributed by atoms with E-state index in [9.17, 15) is 4.79 Å². The molecule has 4 nitrogen and oxygen atoms in total. The van der Waals surface area contributed by atoms with Crippen molar-refractivity contribution in [2.45, 2.75) is 6.92 Å². The number of nitrogens with one attached hydrogen (secondary N) is 1. The molecular weight excluding hydrogens is 252 g/mol. The SMILES string of the molecule is COc1ccc(C)cc1-c1ccc2c(=O)[nH]cnc2c1. The topological polar surface area (TPSA) is 55.0 Å². The van der Waals surface area contributed by atoms with Crippen molar-refractivity contribution in [2.24, 2.45) is 0 Å². The largest absolute Gasteiger partial charge is 0.496 e. The number of H-pyrrole nitrogens is 1. The molecule has 0 radical (unpaired) electrons. The molecule has 0 aliphatic heterocycles. The molecule has 0 saturated heterocycles. The number of fused-ring (bicyclic) bond motifs is 1. The molecule has 0 spiro atoms. The van der Waals surface area contributed by atoms with Crippen LogP contribution in [0.25, 0.3) is 22.0 Å². The number of hydrogen-bond acceptors (Lipinski definition) is 3. The lowest BCUT2D eigenvalue weighted by molar-refractivity contribution is 0.416. The Hall–Kier alpha value is -2.62. The van der Waals surface area contributed by atoms with Gasteiger partial charge in [-0.05, 0) is 36.8 Å². The van der Waals surface area contributed by atoms with Crippen molar-refractivity contribution >= 4 is 10.9 Å². The lowest BCUT2D eigenvalue weighted by atomic mass is 10.0. The van der Waals surface area contributed by atoms with Crippen LogP contribution >= 0.6 is 0 Å². The Bertz CT molecular complexity index is 837. The third kappa shape index (κ3) is 2.05. The zero-order valence-electron chi connectivity index (χ0n) is 11.3. The second kappa shape index (κ2) is 4.81. The number of nitrogens with zero attached hydrogens (tertiary/aromatic N) is 1. The van der Waals surface area contributed by atoms with Gasteiger partial charge in [-0.3, -0.25) is 4.79 Å². The maximum atomic E-state index is 11.7. The Labute approximate surface area is 116 Å². The summed E-state index contributed by atoms with van der Waals surface area (Å²) < 4.78 is 5.40. The molecule has 0 fully saturated rings. The van der Waals surface area contributed by atoms with Crippen LogP contribution in [-0.2, 0) is 0 Å². The summed E-state index contributed by atoms with van der Waals surface area (Å²) in [6.07, 6.45) is 1.42. The quantitative estimate of drug-likeness (QED) is 0.776. The van der Waals surface area contributed by atoms with Gasteiger partial charge in [0.15, 0.2) is 0 Å². The maximum absolute atomic E-state index is 11.7. The third-order valence-electron chi connectivity index (χ3n) is 3.31. The highest BCUT2D eigenvalue weighted by Crippen LogP contribution is 2.31. The molecule has 0 aliphatic rings. The molecule has 2 aromatic carbocycles. The Morgan fingerprint density at radius 2 is 2.00 bits per heavy atom. The molecule has 1 aromatic heterocycles. The normalized spacial score (nSPS) is 10.7. The Kier molecular flexibility index (Phi) is 2.99. The van der Waals surface area contributed by atoms with Crippen molar-refractivity contribution in [3.05, 3.63) is 58.6 Å². The lowest BCUT2D eigenvalue weighted by Gasteiger charge is -2.10. The van der Waals surface area contributed by atoms with E-state index in [2.05, 4.69) is 16.0 Å². The fourth-order valence-electron chi connectivity index (χ4n) is 2.28. The van der Waals surface area contributed by atoms with Crippen molar-refractivity contribution in [1.29, 1.82) is 0 Å². The molecule has 1 heterocycles. The number of benzene rings is 2. The molecule has 3 aromatic rings. The van der Waals surface area contributed by atoms with Crippen molar-refractivity contribution in [2.75, 3.05) is 7.11 Å². The second-order valence-corrected chi connectivity index (χ2v) is 4.67. The lowest BCUT2D eigenvalue weighted by Crippen LogP contribution is -2.05. The van der Waals surface area contributed by atoms with E-state index in [1.165, 1.54) is 6.33 Å². The number of methoxy groups -OCH3 is 1. The van der Waals surface area contributed by atoms with Gasteiger partial charge in [-0.1, -0.05) is 17.7 Å². The average Bonchev–Trinajstić information content (AvgIpc) is 2.47. The van der Waals surface area contributed by atoms with Crippen molar-refractivity contribution in [1.82, 2.24) is 9.97 Å². The Balaban J connectivity index is 2.25. The van der Waals surface area contributed by atoms with E-state index in [0.29, 0.717) is 10.9 Å². The van der Waals surface area contributed by atoms with E-state index in [1.807, 2.05) is 31.2 Å². The van der Waals surface area contributed by atoms with Gasteiger partial charge in [0.25, 0.3) is 5.56 Å². The minimum atomic E-state index is -0.127. The zero-order chi connectivity index (χ0) is 14.1. The van der Waals surface area contributed by atoms with E-state index < -0.39 is 0 Å². The summed E-state index contributed by atoms with van der Waals surface area (Å²) in [6.45, 7) is 2.03. The van der Waals surface area contributed by atoms with Crippen LogP contribution < -0.4 is 10.3 Å². The highest BCUT2D eigenvalue weighted by Gasteiger charge is 2.08. The molecule has 0 unspecified atom stereocenters. The summed E-state index contributed by atoms with van der Waals surface area (Å²) in [4.78, 5) is 18.5. The molecule has 1 N–H and O–H groups in total. The Morgan fingerprint density at radius 3 is 2.80 bits per heavy atom. The van der Waals surface area contributed by atoms with Gasteiger partial charge in [0.2, 0.25) is 0 Å². The number of ether oxygens (including phenoxy) is 1. The van der Waals surface area contributed by atoms with E-state index in [4.69, 9.17) is 4.74 Å². The number of rotatable bonds is 2. The van der Waals surface area contributed by atoms with Crippen LogP contribution in [0.1, 0.15) is 5.56 Å². The van der Waals surface area contributed by atoms with Crippen LogP contribution in [-0.4, -0.2) is 17.1 Å². The minimum Gasteiger partial charge on any atom is -0.496 e. The molecule has 4 heteroatoms. The summed E-state index contributed by atoms with van der Waals surface area (Å²) in [5, 5.41) is 0.586. The van der Waals surface area contributed by atoms with Crippen LogP contribution in [0, 0.1) is 6.92 Å². The molecular formula is C16H14N2O2. The minimum absolute atomic E-state index is 0.127. The standard InChI is InChI=1S/C16H14N2O2/c1-10-3-6-15(20-2)13(7-10)11-4-5-12-14(8-11)17-9-18-16(12)19/h3-9H,1-2H3,(H,17,18,19). The van der Waals surface area contributed by atoms with Gasteiger partial charge in [-0.15, -0.1) is 0 Å². The molecule has 0 amide bonds. The van der Waals surface area contributed by atoms with Crippen LogP contribution in [0.5, 0.6) is 5.75 Å². The van der Waals surface area contributed by atoms with Gasteiger partial charge >= 0.3 is 0 Å². The fourth-order valence-corrected chi connectivity index (χ4v) is 2.28. The summed E-state index contributed by atoms with van der Waals surface area (Å²) in [6, 6.07) is 11.6. The van der Waals surface area contributed by atoms with Crippen LogP contribution in [0.3, 0.4) is 0 Å². The van der Waals surface area contributed by atoms with Gasteiger partial charge in [0.1, 0.15) is 5.75 Å². The van der Waals surface area contributed by atoms with E-state index >= 15 is 0 Å². The van der Waals surface area contributed by atoms with E-state index in [1.54, 1.807) is 13.2 Å². The number of aromatic amines is 1. The molecule has 0 aliphatic carbocycles. The first-order valence-electron chi connectivity index (χ1n) is 6.31. The highest BCUT2D eigenvalue weighted by molar-refractivity contribution is 5.84. The molecule has 0 atom stereocenters. The van der Waals surface area contributed by atoms with Crippen LogP contribution in [0.2, 0.25) is 0 Å². The second-order valence-electron chi connectivity index (χ2n) is 4.67. The predicted octanol–water partition coefficient (Wildman–Crippen LogP) is 2.91. The van der Waals surface area contributed by atoms with Gasteiger partial charge in [0, 0.05) is 5.56 Å². The molecule has 20 heavy (non-hydrogen) atoms. The molecule has 0 bridgehead atoms. The fraction of sp³-hybridized carbons (Fsp3) is 0.125. The number of aromatic nitrogens is 2. The van der Waals surface area contributed by atoms with E-state index in [0.717, 1.165) is 22.4 Å². The van der Waals surface area contributed by atoms with Crippen LogP contribution in [0.15, 0.2) is 47.5 Å². The van der Waals surface area contributed by atoms with E-state index in [-0.39, 0.29) is 5.56 Å². The smallest absolute Gasteiger partial charge is 0.258 e. The predicted molar refractivity (Wildman–Crippen MR) is 79.1 cm³/mol. The van der Waals surface area contributed by atoms with Gasteiger partial charge < -0.3 is 9.72 Å². The first-order chi connectivity index (χ1) is 9.69. The van der Waals surface area contributed by atoms with Gasteiger partial charge in [-0.2, -0.15) is 0 Å². The average molecular weight is 266 g/mol. The summed E-state index contributed by atoms with van der Waals surface area (Å²) in [5.74, 6) is 0.805. The van der Waals surface area contributed by atoms with Gasteiger partial charge in [0.05, 0.1) is 24.3 Å². The molecule has 3 rings (SSSR count). The third-order valence-corrected chi connectivity index (χ3v) is 3.31. The summed E-state index contributed by atoms with van der Waals surface area (Å²) >= 11 is 0. The first kappa shape index (κ1) is 12.4. The highest BCUT2D eigenvalue weighted by atomic mass is 16.5. The molecule has 100 valence electrons. The van der Waals surface area contributed by atoms with Crippen molar-refractivity contribution in [3.8, 4) is 16.9 Å². The molecule has 0 saturated carbocycles. The number of aryl methyl sites for hydroxylation is 1. The Morgan fingerprint density at radius 1 is 1.15 bits per heavy atom.